The van der Waals surface area contributed by atoms with Crippen LogP contribution >= 0.6 is 0 Å². The van der Waals surface area contributed by atoms with E-state index in [4.69, 9.17) is 10.5 Å². The number of ether oxygens (including phenoxy) is 1. The van der Waals surface area contributed by atoms with Crippen LogP contribution in [-0.4, -0.2) is 51.2 Å². The topological polar surface area (TPSA) is 102 Å². The minimum atomic E-state index is -3.47. The lowest BCUT2D eigenvalue weighted by atomic mass is 9.83. The van der Waals surface area contributed by atoms with E-state index in [0.717, 1.165) is 32.1 Å². The van der Waals surface area contributed by atoms with Gasteiger partial charge in [-0.2, -0.15) is 0 Å². The number of hydrogen-bond donors (Lipinski definition) is 3. The van der Waals surface area contributed by atoms with E-state index in [-0.39, 0.29) is 5.75 Å². The zero-order chi connectivity index (χ0) is 17.3. The van der Waals surface area contributed by atoms with Crippen LogP contribution in [0.1, 0.15) is 58.3 Å². The van der Waals surface area contributed by atoms with Gasteiger partial charge in [0.2, 0.25) is 10.0 Å². The van der Waals surface area contributed by atoms with E-state index < -0.39 is 28.3 Å². The third kappa shape index (κ3) is 7.94. The summed E-state index contributed by atoms with van der Waals surface area (Å²) in [7, 11) is -2.05. The first-order chi connectivity index (χ1) is 10.9. The molecule has 0 saturated heterocycles. The fraction of sp³-hybridized carbons (Fsp3) is 1.00. The van der Waals surface area contributed by atoms with Gasteiger partial charge in [0.05, 0.1) is 18.0 Å². The molecule has 0 aromatic heterocycles. The molecule has 0 bridgehead atoms. The maximum absolute atomic E-state index is 12.0. The largest absolute Gasteiger partial charge is 0.389 e. The van der Waals surface area contributed by atoms with Crippen molar-refractivity contribution in [3.05, 3.63) is 0 Å². The highest BCUT2D eigenvalue weighted by atomic mass is 32.2. The lowest BCUT2D eigenvalue weighted by Gasteiger charge is -2.30. The monoisotopic (exact) mass is 350 g/mol. The molecule has 0 unspecified atom stereocenters. The highest BCUT2D eigenvalue weighted by molar-refractivity contribution is 7.89. The van der Waals surface area contributed by atoms with Gasteiger partial charge in [-0.05, 0) is 18.8 Å². The Labute approximate surface area is 141 Å². The highest BCUT2D eigenvalue weighted by Gasteiger charge is 2.31. The molecule has 1 fully saturated rings. The fourth-order valence-electron chi connectivity index (χ4n) is 3.21. The van der Waals surface area contributed by atoms with Crippen molar-refractivity contribution in [1.29, 1.82) is 0 Å². The second-order valence-corrected chi connectivity index (χ2v) is 8.55. The van der Waals surface area contributed by atoms with Gasteiger partial charge in [0.25, 0.3) is 0 Å². The molecule has 1 saturated carbocycles. The summed E-state index contributed by atoms with van der Waals surface area (Å²) in [4.78, 5) is 0. The lowest BCUT2D eigenvalue weighted by Crippen LogP contribution is -2.49. The maximum Gasteiger partial charge on any atom is 0.214 e. The van der Waals surface area contributed by atoms with Gasteiger partial charge in [-0.25, -0.2) is 13.1 Å². The maximum atomic E-state index is 12.0. The Balaban J connectivity index is 2.50. The summed E-state index contributed by atoms with van der Waals surface area (Å²) in [5.41, 5.74) is 6.12. The number of rotatable bonds is 11. The first-order valence-corrected chi connectivity index (χ1v) is 10.5. The number of methoxy groups -OCH3 is 1. The molecular formula is C16H34N2O4S. The summed E-state index contributed by atoms with van der Waals surface area (Å²) in [5, 5.41) is 10.4. The number of unbranched alkanes of at least 4 members (excludes halogenated alkanes) is 1. The molecule has 0 spiro atoms. The predicted octanol–water partition coefficient (Wildman–Crippen LogP) is 1.38. The molecule has 0 aromatic carbocycles. The first kappa shape index (κ1) is 20.8. The van der Waals surface area contributed by atoms with Crippen molar-refractivity contribution < 1.29 is 18.3 Å². The number of sulfonamides is 1. The van der Waals surface area contributed by atoms with Gasteiger partial charge < -0.3 is 15.6 Å². The number of nitrogens with one attached hydrogen (secondary N) is 1. The zero-order valence-electron chi connectivity index (χ0n) is 14.5. The van der Waals surface area contributed by atoms with Crippen molar-refractivity contribution in [1.82, 2.24) is 4.72 Å². The number of aliphatic hydroxyl groups excluding tert-OH is 1. The van der Waals surface area contributed by atoms with Crippen LogP contribution in [0, 0.1) is 5.92 Å². The Hall–Kier alpha value is -0.210. The Morgan fingerprint density at radius 1 is 1.30 bits per heavy atom. The Morgan fingerprint density at radius 2 is 1.96 bits per heavy atom. The summed E-state index contributed by atoms with van der Waals surface area (Å²) in [6.07, 6.45) is 6.68. The van der Waals surface area contributed by atoms with E-state index in [0.29, 0.717) is 12.5 Å². The summed E-state index contributed by atoms with van der Waals surface area (Å²) in [6, 6.07) is -0.450. The van der Waals surface area contributed by atoms with E-state index in [1.165, 1.54) is 26.4 Å². The first-order valence-electron chi connectivity index (χ1n) is 8.83. The van der Waals surface area contributed by atoms with Gasteiger partial charge in [-0.1, -0.05) is 45.4 Å². The quantitative estimate of drug-likeness (QED) is 0.489. The molecule has 1 rings (SSSR count). The average molecular weight is 351 g/mol. The van der Waals surface area contributed by atoms with Crippen molar-refractivity contribution in [3.63, 3.8) is 0 Å². The Bertz CT molecular complexity index is 410. The standard InChI is InChI=1S/C16H34N2O4S/c1-3-4-10-18-23(20,21)12-15(22-2)16(19)14(17)11-13-8-6-5-7-9-13/h13-16,18-19H,3-12,17H2,1-2H3/t14-,15-,16+/m0/s1. The average Bonchev–Trinajstić information content (AvgIpc) is 2.53. The van der Waals surface area contributed by atoms with Crippen LogP contribution in [0.5, 0.6) is 0 Å². The highest BCUT2D eigenvalue weighted by Crippen LogP contribution is 2.28. The van der Waals surface area contributed by atoms with Crippen molar-refractivity contribution in [2.45, 2.75) is 76.5 Å². The van der Waals surface area contributed by atoms with Crippen LogP contribution in [0.4, 0.5) is 0 Å². The third-order valence-corrected chi connectivity index (χ3v) is 6.10. The fourth-order valence-corrected chi connectivity index (χ4v) is 4.55. The van der Waals surface area contributed by atoms with E-state index in [1.54, 1.807) is 0 Å². The van der Waals surface area contributed by atoms with Gasteiger partial charge in [0.15, 0.2) is 0 Å². The zero-order valence-corrected chi connectivity index (χ0v) is 15.4. The van der Waals surface area contributed by atoms with Crippen molar-refractivity contribution >= 4 is 10.0 Å². The predicted molar refractivity (Wildman–Crippen MR) is 92.7 cm³/mol. The molecule has 1 aliphatic rings. The van der Waals surface area contributed by atoms with E-state index in [9.17, 15) is 13.5 Å². The van der Waals surface area contributed by atoms with E-state index >= 15 is 0 Å². The van der Waals surface area contributed by atoms with Crippen LogP contribution in [0.25, 0.3) is 0 Å². The van der Waals surface area contributed by atoms with Crippen LogP contribution in [-0.2, 0) is 14.8 Å². The molecule has 0 amide bonds. The Morgan fingerprint density at radius 3 is 2.52 bits per heavy atom. The molecule has 0 radical (unpaired) electrons. The molecule has 6 nitrogen and oxygen atoms in total. The normalized spacial score (nSPS) is 21.0. The SMILES string of the molecule is CCCCNS(=O)(=O)C[C@H](OC)[C@H](O)[C@@H](N)CC1CCCCC1. The molecule has 3 atom stereocenters. The molecule has 1 aliphatic carbocycles. The molecular weight excluding hydrogens is 316 g/mol. The second-order valence-electron chi connectivity index (χ2n) is 6.70. The molecule has 7 heteroatoms. The van der Waals surface area contributed by atoms with Crippen molar-refractivity contribution in [2.75, 3.05) is 19.4 Å². The Kier molecular flexibility index (Phi) is 9.61. The third-order valence-electron chi connectivity index (χ3n) is 4.69. The minimum absolute atomic E-state index is 0.257. The van der Waals surface area contributed by atoms with E-state index in [2.05, 4.69) is 4.72 Å². The number of aliphatic hydroxyl groups is 1. The van der Waals surface area contributed by atoms with Gasteiger partial charge in [-0.3, -0.25) is 0 Å². The molecule has 0 aliphatic heterocycles. The molecule has 23 heavy (non-hydrogen) atoms. The van der Waals surface area contributed by atoms with Crippen LogP contribution in [0.3, 0.4) is 0 Å². The summed E-state index contributed by atoms with van der Waals surface area (Å²) in [5.74, 6) is 0.275. The summed E-state index contributed by atoms with van der Waals surface area (Å²) >= 11 is 0. The van der Waals surface area contributed by atoms with Gasteiger partial charge in [0, 0.05) is 19.7 Å². The van der Waals surface area contributed by atoms with E-state index in [1.807, 2.05) is 6.92 Å². The van der Waals surface area contributed by atoms with Crippen LogP contribution < -0.4 is 10.5 Å². The van der Waals surface area contributed by atoms with Crippen LogP contribution in [0.15, 0.2) is 0 Å². The second kappa shape index (κ2) is 10.6. The summed E-state index contributed by atoms with van der Waals surface area (Å²) in [6.45, 7) is 2.42. The van der Waals surface area contributed by atoms with Crippen molar-refractivity contribution in [2.24, 2.45) is 11.7 Å². The van der Waals surface area contributed by atoms with Gasteiger partial charge in [0.1, 0.15) is 0 Å². The molecule has 4 N–H and O–H groups in total. The van der Waals surface area contributed by atoms with Crippen LogP contribution in [0.2, 0.25) is 0 Å². The lowest BCUT2D eigenvalue weighted by molar-refractivity contribution is -0.0158. The van der Waals surface area contributed by atoms with Crippen molar-refractivity contribution in [3.8, 4) is 0 Å². The molecule has 138 valence electrons. The number of nitrogens with two attached hydrogens (primary N) is 1. The molecule has 0 aromatic rings. The van der Waals surface area contributed by atoms with Gasteiger partial charge in [-0.15, -0.1) is 0 Å². The minimum Gasteiger partial charge on any atom is -0.389 e. The summed E-state index contributed by atoms with van der Waals surface area (Å²) < 4.78 is 31.9. The number of hydrogen-bond acceptors (Lipinski definition) is 5. The van der Waals surface area contributed by atoms with Gasteiger partial charge >= 0.3 is 0 Å². The molecule has 0 heterocycles. The smallest absolute Gasteiger partial charge is 0.214 e.